The maximum Gasteiger partial charge on any atom is 0.207 e. The molecule has 4 rings (SSSR count). The fraction of sp³-hybridized carbons (Fsp3) is 0.588. The summed E-state index contributed by atoms with van der Waals surface area (Å²) in [5.41, 5.74) is 1.71. The predicted molar refractivity (Wildman–Crippen MR) is 107 cm³/mol. The summed E-state index contributed by atoms with van der Waals surface area (Å²) in [6, 6.07) is 2.17. The van der Waals surface area contributed by atoms with Gasteiger partial charge in [0.2, 0.25) is 5.78 Å². The van der Waals surface area contributed by atoms with E-state index in [1.165, 1.54) is 5.56 Å². The zero-order valence-electron chi connectivity index (χ0n) is 14.4. The Morgan fingerprint density at radius 2 is 2.17 bits per heavy atom. The summed E-state index contributed by atoms with van der Waals surface area (Å²) in [6.07, 6.45) is 2.95. The zero-order chi connectivity index (χ0) is 17.0. The second kappa shape index (κ2) is 5.67. The minimum absolute atomic E-state index is 0.159. The molecule has 2 aliphatic heterocycles. The Morgan fingerprint density at radius 3 is 2.70 bits per heavy atom. The van der Waals surface area contributed by atoms with Gasteiger partial charge in [0.1, 0.15) is 5.54 Å². The Bertz CT molecular complexity index is 650. The summed E-state index contributed by atoms with van der Waals surface area (Å²) in [6.45, 7) is 11.7. The highest BCUT2D eigenvalue weighted by Crippen LogP contribution is 2.52. The molecule has 2 bridgehead atoms. The smallest absolute Gasteiger partial charge is 0.207 e. The molecular formula is C17H24INO2SSi. The van der Waals surface area contributed by atoms with E-state index in [1.54, 1.807) is 11.3 Å². The van der Waals surface area contributed by atoms with Gasteiger partial charge in [-0.3, -0.25) is 7.91 Å². The largest absolute Gasteiger partial charge is 0.414 e. The van der Waals surface area contributed by atoms with Crippen LogP contribution in [-0.2, 0) is 9.22 Å². The first-order chi connectivity index (χ1) is 10.6. The molecule has 0 saturated carbocycles. The van der Waals surface area contributed by atoms with Crippen molar-refractivity contribution in [2.45, 2.75) is 56.8 Å². The average molecular weight is 461 g/mol. The van der Waals surface area contributed by atoms with Crippen LogP contribution in [0, 0.1) is 0 Å². The van der Waals surface area contributed by atoms with Gasteiger partial charge in [0.05, 0.1) is 35.2 Å². The van der Waals surface area contributed by atoms with Gasteiger partial charge in [0.25, 0.3) is 0 Å². The molecule has 1 aromatic heterocycles. The molecule has 3 nitrogen and oxygen atoms in total. The lowest BCUT2D eigenvalue weighted by atomic mass is 9.70. The van der Waals surface area contributed by atoms with Gasteiger partial charge in [-0.1, -0.05) is 20.8 Å². The number of nitrogens with zero attached hydrogens (tertiary/aromatic N) is 1. The molecule has 3 aliphatic rings. The number of halogens is 1. The Hall–Kier alpha value is -0.183. The third-order valence-electron chi connectivity index (χ3n) is 5.61. The van der Waals surface area contributed by atoms with Crippen molar-refractivity contribution in [3.05, 3.63) is 34.2 Å². The number of ketones is 1. The van der Waals surface area contributed by atoms with Gasteiger partial charge in [-0.15, -0.1) is 0 Å². The molecule has 0 spiro atoms. The number of fused-ring (bicyclic) bond motifs is 2. The van der Waals surface area contributed by atoms with Crippen molar-refractivity contribution in [3.8, 4) is 0 Å². The summed E-state index contributed by atoms with van der Waals surface area (Å²) >= 11 is 4.00. The van der Waals surface area contributed by atoms with Gasteiger partial charge >= 0.3 is 0 Å². The topological polar surface area (TPSA) is 29.5 Å². The first kappa shape index (κ1) is 17.6. The minimum atomic E-state index is -1.86. The number of allylic oxidation sites excluding steroid dienone is 1. The van der Waals surface area contributed by atoms with E-state index in [-0.39, 0.29) is 10.8 Å². The van der Waals surface area contributed by atoms with Crippen LogP contribution >= 0.6 is 34.2 Å². The molecule has 23 heavy (non-hydrogen) atoms. The number of Topliss-reactive ketones (excluding diaryl/α,β-unsaturated/α-hetero) is 1. The van der Waals surface area contributed by atoms with Crippen LogP contribution in [0.4, 0.5) is 0 Å². The Kier molecular flexibility index (Phi) is 4.35. The monoisotopic (exact) mass is 461 g/mol. The molecule has 126 valence electrons. The minimum Gasteiger partial charge on any atom is -0.414 e. The fourth-order valence-corrected chi connectivity index (χ4v) is 5.61. The van der Waals surface area contributed by atoms with E-state index in [0.29, 0.717) is 12.5 Å². The molecule has 2 unspecified atom stereocenters. The highest BCUT2D eigenvalue weighted by Gasteiger charge is 2.60. The van der Waals surface area contributed by atoms with E-state index < -0.39 is 13.9 Å². The summed E-state index contributed by atoms with van der Waals surface area (Å²) in [5.74, 6) is 0.597. The SMILES string of the molecule is CC(C)(C)[Si](C)(C)OCC12CC(c3ccsc3)C=C(C1=O)N2I. The molecule has 1 fully saturated rings. The Labute approximate surface area is 157 Å². The van der Waals surface area contributed by atoms with Crippen LogP contribution in [0.5, 0.6) is 0 Å². The van der Waals surface area contributed by atoms with Crippen molar-refractivity contribution in [2.24, 2.45) is 0 Å². The van der Waals surface area contributed by atoms with Crippen LogP contribution in [0.3, 0.4) is 0 Å². The van der Waals surface area contributed by atoms with Gasteiger partial charge in [-0.2, -0.15) is 11.3 Å². The summed E-state index contributed by atoms with van der Waals surface area (Å²) in [5, 5.41) is 4.46. The van der Waals surface area contributed by atoms with Gasteiger partial charge in [0, 0.05) is 5.92 Å². The van der Waals surface area contributed by atoms with Gasteiger partial charge in [-0.25, -0.2) is 0 Å². The third-order valence-corrected chi connectivity index (χ3v) is 12.2. The van der Waals surface area contributed by atoms with Crippen LogP contribution in [0.25, 0.3) is 0 Å². The molecule has 1 aromatic rings. The zero-order valence-corrected chi connectivity index (χ0v) is 18.3. The summed E-state index contributed by atoms with van der Waals surface area (Å²) < 4.78 is 8.54. The predicted octanol–water partition coefficient (Wildman–Crippen LogP) is 5.11. The maximum absolute atomic E-state index is 12.7. The summed E-state index contributed by atoms with van der Waals surface area (Å²) in [4.78, 5) is 12.7. The lowest BCUT2D eigenvalue weighted by Crippen LogP contribution is -2.68. The average Bonchev–Trinajstić information content (AvgIpc) is 3.00. The molecule has 6 heteroatoms. The van der Waals surface area contributed by atoms with E-state index in [9.17, 15) is 4.79 Å². The van der Waals surface area contributed by atoms with E-state index in [1.807, 2.05) is 0 Å². The quantitative estimate of drug-likeness (QED) is 0.354. The van der Waals surface area contributed by atoms with Crippen molar-refractivity contribution in [1.29, 1.82) is 0 Å². The molecule has 0 radical (unpaired) electrons. The van der Waals surface area contributed by atoms with Crippen LogP contribution in [0.2, 0.25) is 18.1 Å². The number of thiophene rings is 1. The van der Waals surface area contributed by atoms with Gasteiger partial charge < -0.3 is 4.43 Å². The maximum atomic E-state index is 12.7. The highest BCUT2D eigenvalue weighted by atomic mass is 127. The lowest BCUT2D eigenvalue weighted by Gasteiger charge is -2.55. The normalized spacial score (nSPS) is 27.7. The van der Waals surface area contributed by atoms with E-state index >= 15 is 0 Å². The molecule has 0 amide bonds. The molecule has 0 N–H and O–H groups in total. The first-order valence-corrected chi connectivity index (χ1v) is 12.8. The van der Waals surface area contributed by atoms with Crippen LogP contribution in [0.15, 0.2) is 28.6 Å². The molecule has 1 aliphatic carbocycles. The lowest BCUT2D eigenvalue weighted by molar-refractivity contribution is -0.136. The Balaban J connectivity index is 1.81. The third kappa shape index (κ3) is 2.75. The highest BCUT2D eigenvalue weighted by molar-refractivity contribution is 14.1. The molecular weight excluding hydrogens is 437 g/mol. The molecule has 3 heterocycles. The molecule has 0 aromatic carbocycles. The van der Waals surface area contributed by atoms with E-state index in [4.69, 9.17) is 4.43 Å². The van der Waals surface area contributed by atoms with E-state index in [0.717, 1.165) is 12.1 Å². The van der Waals surface area contributed by atoms with Crippen LogP contribution in [-0.4, -0.2) is 29.4 Å². The second-order valence-electron chi connectivity index (χ2n) is 8.11. The standard InChI is InChI=1S/C17H24INO2SSi/c1-16(2,3)23(4,5)21-11-17-9-13(12-6-7-22-10-12)8-14(15(17)20)19(17)18/h6-8,10,13H,9,11H2,1-5H3. The number of carbonyl (C=O) groups excluding carboxylic acids is 1. The fourth-order valence-electron chi connectivity index (χ4n) is 2.92. The van der Waals surface area contributed by atoms with Crippen molar-refractivity contribution < 1.29 is 9.22 Å². The summed E-state index contributed by atoms with van der Waals surface area (Å²) in [7, 11) is -1.86. The van der Waals surface area contributed by atoms with Crippen molar-refractivity contribution >= 4 is 48.3 Å². The second-order valence-corrected chi connectivity index (χ2v) is 14.7. The number of hydrogen-bond acceptors (Lipinski definition) is 4. The number of hydrogen-bond donors (Lipinski definition) is 0. The van der Waals surface area contributed by atoms with Gasteiger partial charge in [-0.05, 0) is 53.0 Å². The van der Waals surface area contributed by atoms with Crippen LogP contribution in [0.1, 0.15) is 38.7 Å². The Morgan fingerprint density at radius 1 is 1.48 bits per heavy atom. The number of carbonyl (C=O) groups is 1. The van der Waals surface area contributed by atoms with Crippen LogP contribution < -0.4 is 0 Å². The van der Waals surface area contributed by atoms with Crippen molar-refractivity contribution in [1.82, 2.24) is 3.11 Å². The van der Waals surface area contributed by atoms with Gasteiger partial charge in [0.15, 0.2) is 8.32 Å². The van der Waals surface area contributed by atoms with Crippen molar-refractivity contribution in [3.63, 3.8) is 0 Å². The molecule has 2 atom stereocenters. The molecule has 1 saturated heterocycles. The number of rotatable bonds is 4. The van der Waals surface area contributed by atoms with E-state index in [2.05, 4.69) is 82.7 Å². The van der Waals surface area contributed by atoms with Crippen molar-refractivity contribution in [2.75, 3.05) is 6.61 Å². The first-order valence-electron chi connectivity index (χ1n) is 7.97.